The maximum Gasteiger partial charge on any atom is 0.508 e. The van der Waals surface area contributed by atoms with Crippen molar-refractivity contribution in [1.29, 1.82) is 0 Å². The topological polar surface area (TPSA) is 46.5 Å². The van der Waals surface area contributed by atoms with Gasteiger partial charge < -0.3 is 9.84 Å². The molecule has 0 amide bonds. The van der Waals surface area contributed by atoms with Crippen molar-refractivity contribution in [3.05, 3.63) is 12.7 Å². The van der Waals surface area contributed by atoms with E-state index in [1.807, 2.05) is 0 Å². The van der Waals surface area contributed by atoms with E-state index in [2.05, 4.69) is 11.3 Å². The highest BCUT2D eigenvalue weighted by atomic mass is 19.1. The summed E-state index contributed by atoms with van der Waals surface area (Å²) in [4.78, 5) is 9.46. The van der Waals surface area contributed by atoms with Crippen LogP contribution < -0.4 is 0 Å². The van der Waals surface area contributed by atoms with E-state index in [0.717, 1.165) is 6.08 Å². The van der Waals surface area contributed by atoms with Gasteiger partial charge in [0.05, 0.1) is 0 Å². The molecule has 1 unspecified atom stereocenters. The van der Waals surface area contributed by atoms with Gasteiger partial charge in [0.2, 0.25) is 0 Å². The average Bonchev–Trinajstić information content (AvgIpc) is 1.65. The molecule has 0 fully saturated rings. The maximum atomic E-state index is 11.7. The van der Waals surface area contributed by atoms with Gasteiger partial charge in [0.1, 0.15) is 0 Å². The molecule has 0 radical (unpaired) electrons. The zero-order valence-corrected chi connectivity index (χ0v) is 4.41. The molecule has 0 spiro atoms. The second-order valence-electron chi connectivity index (χ2n) is 0.971. The van der Waals surface area contributed by atoms with E-state index in [0.29, 0.717) is 0 Å². The van der Waals surface area contributed by atoms with Gasteiger partial charge in [-0.2, -0.15) is 4.39 Å². The van der Waals surface area contributed by atoms with Gasteiger partial charge in [-0.3, -0.25) is 4.70 Å². The van der Waals surface area contributed by atoms with Crippen LogP contribution >= 0.6 is 0 Å². The maximum absolute atomic E-state index is 11.7. The third-order valence-corrected chi connectivity index (χ3v) is 0.399. The lowest BCUT2D eigenvalue weighted by atomic mass is 10.7. The van der Waals surface area contributed by atoms with Crippen LogP contribution in [0.1, 0.15) is 0 Å². The highest BCUT2D eigenvalue weighted by molar-refractivity contribution is 5.57. The smallest absolute Gasteiger partial charge is 0.450 e. The van der Waals surface area contributed by atoms with E-state index in [1.54, 1.807) is 0 Å². The Balaban J connectivity index is 0. The Morgan fingerprint density at radius 1 is 1.89 bits per heavy atom. The second-order valence-corrected chi connectivity index (χ2v) is 0.971. The van der Waals surface area contributed by atoms with Gasteiger partial charge >= 0.3 is 6.16 Å². The lowest BCUT2D eigenvalue weighted by Gasteiger charge is -1.97. The van der Waals surface area contributed by atoms with Crippen LogP contribution in [0.15, 0.2) is 12.7 Å². The highest BCUT2D eigenvalue weighted by Gasteiger charge is 2.03. The van der Waals surface area contributed by atoms with Crippen molar-refractivity contribution in [2.75, 3.05) is 0 Å². The highest BCUT2D eigenvalue weighted by Crippen LogP contribution is 1.92. The molecule has 0 saturated heterocycles. The molecule has 0 aromatic carbocycles. The molecule has 5 heteroatoms. The largest absolute Gasteiger partial charge is 0.508 e. The standard InChI is InChI=1S/C4H5FO3.FH/c1-2-3(5)8-4(6)7;/h2-3H,1H2,(H,6,7);1H. The van der Waals surface area contributed by atoms with Gasteiger partial charge in [-0.1, -0.05) is 6.58 Å². The molecule has 0 saturated carbocycles. The third kappa shape index (κ3) is 6.87. The van der Waals surface area contributed by atoms with E-state index in [4.69, 9.17) is 5.11 Å². The average molecular weight is 140 g/mol. The molecule has 54 valence electrons. The molecule has 0 aliphatic heterocycles. The molecule has 0 bridgehead atoms. The molecular formula is C4H6F2O3. The van der Waals surface area contributed by atoms with Crippen molar-refractivity contribution >= 4 is 6.16 Å². The van der Waals surface area contributed by atoms with E-state index in [9.17, 15) is 9.18 Å². The fourth-order valence-electron chi connectivity index (χ4n) is 0.144. The van der Waals surface area contributed by atoms with Crippen molar-refractivity contribution in [3.63, 3.8) is 0 Å². The Bertz CT molecular complexity index is 104. The van der Waals surface area contributed by atoms with Crippen molar-refractivity contribution in [1.82, 2.24) is 0 Å². The molecule has 0 aliphatic rings. The zero-order chi connectivity index (χ0) is 6.57. The van der Waals surface area contributed by atoms with E-state index < -0.39 is 12.5 Å². The number of rotatable bonds is 2. The van der Waals surface area contributed by atoms with Gasteiger partial charge in [0.15, 0.2) is 0 Å². The number of hydrogen-bond donors (Lipinski definition) is 1. The van der Waals surface area contributed by atoms with Crippen LogP contribution in [-0.2, 0) is 4.74 Å². The van der Waals surface area contributed by atoms with E-state index in [1.165, 1.54) is 0 Å². The summed E-state index contributed by atoms with van der Waals surface area (Å²) in [7, 11) is 0. The quantitative estimate of drug-likeness (QED) is 0.464. The molecule has 1 atom stereocenters. The van der Waals surface area contributed by atoms with Crippen LogP contribution in [-0.4, -0.2) is 17.6 Å². The fourth-order valence-corrected chi connectivity index (χ4v) is 0.144. The van der Waals surface area contributed by atoms with Crippen molar-refractivity contribution in [2.45, 2.75) is 6.36 Å². The Labute approximate surface area is 50.1 Å². The van der Waals surface area contributed by atoms with Crippen LogP contribution in [0.3, 0.4) is 0 Å². The van der Waals surface area contributed by atoms with Crippen LogP contribution in [0.2, 0.25) is 0 Å². The Morgan fingerprint density at radius 2 is 2.33 bits per heavy atom. The molecule has 0 aromatic rings. The molecular weight excluding hydrogens is 134 g/mol. The summed E-state index contributed by atoms with van der Waals surface area (Å²) in [5.74, 6) is 0. The van der Waals surface area contributed by atoms with Crippen LogP contribution in [0.4, 0.5) is 13.9 Å². The normalized spacial score (nSPS) is 10.8. The molecule has 0 heterocycles. The minimum atomic E-state index is -1.91. The predicted molar refractivity (Wildman–Crippen MR) is 26.7 cm³/mol. The second kappa shape index (κ2) is 5.02. The van der Waals surface area contributed by atoms with Gasteiger partial charge in [0, 0.05) is 0 Å². The van der Waals surface area contributed by atoms with Crippen molar-refractivity contribution < 1.29 is 23.7 Å². The van der Waals surface area contributed by atoms with Gasteiger partial charge in [-0.05, 0) is 6.08 Å². The fraction of sp³-hybridized carbons (Fsp3) is 0.250. The summed E-state index contributed by atoms with van der Waals surface area (Å²) in [6.07, 6.45) is -2.81. The summed E-state index contributed by atoms with van der Waals surface area (Å²) < 4.78 is 15.2. The Morgan fingerprint density at radius 3 is 2.44 bits per heavy atom. The van der Waals surface area contributed by atoms with Gasteiger partial charge in [0.25, 0.3) is 6.36 Å². The summed E-state index contributed by atoms with van der Waals surface area (Å²) in [5, 5.41) is 7.70. The zero-order valence-electron chi connectivity index (χ0n) is 4.41. The first-order valence-electron chi connectivity index (χ1n) is 1.83. The number of carbonyl (C=O) groups is 1. The summed E-state index contributed by atoms with van der Waals surface area (Å²) in [5.41, 5.74) is 0. The number of halogens is 2. The summed E-state index contributed by atoms with van der Waals surface area (Å²) in [6.45, 7) is 2.95. The van der Waals surface area contributed by atoms with E-state index in [-0.39, 0.29) is 4.70 Å². The van der Waals surface area contributed by atoms with Crippen LogP contribution in [0, 0.1) is 0 Å². The molecule has 1 N–H and O–H groups in total. The van der Waals surface area contributed by atoms with Gasteiger partial charge in [-0.25, -0.2) is 4.79 Å². The van der Waals surface area contributed by atoms with Gasteiger partial charge in [-0.15, -0.1) is 0 Å². The molecule has 0 aromatic heterocycles. The van der Waals surface area contributed by atoms with Crippen molar-refractivity contribution in [3.8, 4) is 0 Å². The Kier molecular flexibility index (Phi) is 6.01. The number of hydrogen-bond acceptors (Lipinski definition) is 2. The molecule has 3 nitrogen and oxygen atoms in total. The SMILES string of the molecule is C=CC(F)OC(=O)O.F. The third-order valence-electron chi connectivity index (χ3n) is 0.399. The van der Waals surface area contributed by atoms with Crippen molar-refractivity contribution in [2.24, 2.45) is 0 Å². The number of ether oxygens (including phenoxy) is 1. The number of alkyl halides is 1. The van der Waals surface area contributed by atoms with Crippen LogP contribution in [0.25, 0.3) is 0 Å². The molecule has 9 heavy (non-hydrogen) atoms. The molecule has 0 aliphatic carbocycles. The first-order valence-corrected chi connectivity index (χ1v) is 1.83. The summed E-state index contributed by atoms with van der Waals surface area (Å²) >= 11 is 0. The lowest BCUT2D eigenvalue weighted by molar-refractivity contribution is 0.0138. The van der Waals surface area contributed by atoms with Crippen LogP contribution in [0.5, 0.6) is 0 Å². The predicted octanol–water partition coefficient (Wildman–Crippen LogP) is 1.32. The van der Waals surface area contributed by atoms with E-state index >= 15 is 0 Å². The lowest BCUT2D eigenvalue weighted by Crippen LogP contribution is -2.07. The molecule has 0 rings (SSSR count). The minimum absolute atomic E-state index is 0. The number of carboxylic acid groups (broad SMARTS) is 1. The Hall–Kier alpha value is -1.13. The minimum Gasteiger partial charge on any atom is -0.450 e. The first-order chi connectivity index (χ1) is 3.66. The summed E-state index contributed by atoms with van der Waals surface area (Å²) in [6, 6.07) is 0. The first kappa shape index (κ1) is 10.8. The monoisotopic (exact) mass is 140 g/mol.